The van der Waals surface area contributed by atoms with Gasteiger partial charge in [0.05, 0.1) is 16.8 Å². The van der Waals surface area contributed by atoms with E-state index in [1.807, 2.05) is 11.3 Å². The van der Waals surface area contributed by atoms with Crippen LogP contribution in [0.25, 0.3) is 75.1 Å². The molecule has 1 aromatic heterocycles. The predicted octanol–water partition coefficient (Wildman–Crippen LogP) is 17.6. The van der Waals surface area contributed by atoms with Crippen LogP contribution in [0.4, 0.5) is 17.1 Å². The quantitative estimate of drug-likeness (QED) is 0.171. The van der Waals surface area contributed by atoms with Gasteiger partial charge in [-0.1, -0.05) is 194 Å². The summed E-state index contributed by atoms with van der Waals surface area (Å²) in [5.74, 6) is 1.86. The largest absolute Gasteiger partial charge is 0.455 e. The van der Waals surface area contributed by atoms with Gasteiger partial charge in [-0.25, -0.2) is 0 Å². The highest BCUT2D eigenvalue weighted by molar-refractivity contribution is 7.26. The summed E-state index contributed by atoms with van der Waals surface area (Å²) in [6, 6.07) is 87.0. The Bertz CT molecular complexity index is 3850. The third-order valence-electron chi connectivity index (χ3n) is 14.1. The molecule has 3 heteroatoms. The Morgan fingerprint density at radius 1 is 0.348 bits per heavy atom. The van der Waals surface area contributed by atoms with Crippen molar-refractivity contribution in [2.45, 2.75) is 5.41 Å². The fourth-order valence-corrected chi connectivity index (χ4v) is 12.4. The van der Waals surface area contributed by atoms with Crippen molar-refractivity contribution in [3.63, 3.8) is 0 Å². The maximum atomic E-state index is 7.22. The minimum atomic E-state index is -0.611. The highest BCUT2D eigenvalue weighted by Crippen LogP contribution is 2.64. The van der Waals surface area contributed by atoms with Crippen molar-refractivity contribution >= 4 is 70.1 Å². The van der Waals surface area contributed by atoms with Crippen LogP contribution in [-0.4, -0.2) is 0 Å². The van der Waals surface area contributed by atoms with Gasteiger partial charge in [0.2, 0.25) is 0 Å². The second kappa shape index (κ2) is 14.4. The number of anilines is 3. The lowest BCUT2D eigenvalue weighted by Crippen LogP contribution is -2.32. The van der Waals surface area contributed by atoms with E-state index in [1.165, 1.54) is 75.5 Å². The summed E-state index contributed by atoms with van der Waals surface area (Å²) in [5.41, 5.74) is 14.8. The number of benzene rings is 11. The molecule has 2 nitrogen and oxygen atoms in total. The molecule has 2 heterocycles. The van der Waals surface area contributed by atoms with Crippen molar-refractivity contribution in [3.05, 3.63) is 259 Å². The first-order chi connectivity index (χ1) is 32.7. The number of para-hydroxylation sites is 1. The lowest BCUT2D eigenvalue weighted by molar-refractivity contribution is 0.447. The van der Waals surface area contributed by atoms with Crippen molar-refractivity contribution in [2.24, 2.45) is 0 Å². The Labute approximate surface area is 386 Å². The third-order valence-corrected chi connectivity index (χ3v) is 15.2. The van der Waals surface area contributed by atoms with E-state index in [-0.39, 0.29) is 0 Å². The maximum absolute atomic E-state index is 7.22. The summed E-state index contributed by atoms with van der Waals surface area (Å²) in [6.07, 6.45) is 0. The molecular weight excluding hydrogens is 819 g/mol. The highest BCUT2D eigenvalue weighted by atomic mass is 32.1. The summed E-state index contributed by atoms with van der Waals surface area (Å²) < 4.78 is 9.78. The topological polar surface area (TPSA) is 12.5 Å². The molecule has 11 aromatic carbocycles. The molecule has 0 saturated carbocycles. The van der Waals surface area contributed by atoms with Crippen LogP contribution in [0.5, 0.6) is 11.5 Å². The SMILES string of the molecule is c1ccc(-c2cccc(N(c3ccccc3-c3ccc4c(c3)-c3ccccc3C43c4ccc5ccccc5c4Oc4c3ccc3ccccc43)c3cccc4sc5ccccc5c34)c2)cc1. The van der Waals surface area contributed by atoms with E-state index in [4.69, 9.17) is 4.74 Å². The summed E-state index contributed by atoms with van der Waals surface area (Å²) in [5, 5.41) is 7.10. The van der Waals surface area contributed by atoms with Gasteiger partial charge >= 0.3 is 0 Å². The maximum Gasteiger partial charge on any atom is 0.140 e. The monoisotopic (exact) mass is 857 g/mol. The average molecular weight is 858 g/mol. The smallest absolute Gasteiger partial charge is 0.140 e. The van der Waals surface area contributed by atoms with Crippen LogP contribution in [0.3, 0.4) is 0 Å². The lowest BCUT2D eigenvalue weighted by atomic mass is 9.65. The van der Waals surface area contributed by atoms with Crippen LogP contribution < -0.4 is 9.64 Å². The molecule has 1 spiro atoms. The Morgan fingerprint density at radius 2 is 0.924 bits per heavy atom. The van der Waals surface area contributed by atoms with Crippen molar-refractivity contribution < 1.29 is 4.74 Å². The normalized spacial score (nSPS) is 13.1. The molecule has 0 radical (unpaired) electrons. The van der Waals surface area contributed by atoms with Gasteiger partial charge < -0.3 is 9.64 Å². The summed E-state index contributed by atoms with van der Waals surface area (Å²) in [7, 11) is 0. The van der Waals surface area contributed by atoms with E-state index in [2.05, 4.69) is 241 Å². The number of fused-ring (bicyclic) bond motifs is 16. The zero-order valence-electron chi connectivity index (χ0n) is 35.8. The van der Waals surface area contributed by atoms with Gasteiger partial charge in [-0.05, 0) is 92.2 Å². The van der Waals surface area contributed by atoms with E-state index in [0.717, 1.165) is 50.5 Å². The van der Waals surface area contributed by atoms with Gasteiger partial charge in [0, 0.05) is 53.3 Å². The lowest BCUT2D eigenvalue weighted by Gasteiger charge is -2.40. The molecule has 14 rings (SSSR count). The molecule has 12 aromatic rings. The van der Waals surface area contributed by atoms with Gasteiger partial charge in [0.1, 0.15) is 11.5 Å². The molecular formula is C63H39NOS. The number of hydrogen-bond donors (Lipinski definition) is 0. The van der Waals surface area contributed by atoms with Gasteiger partial charge in [0.15, 0.2) is 0 Å². The molecule has 1 aliphatic carbocycles. The predicted molar refractivity (Wildman–Crippen MR) is 277 cm³/mol. The van der Waals surface area contributed by atoms with Crippen LogP contribution in [0.15, 0.2) is 237 Å². The van der Waals surface area contributed by atoms with Gasteiger partial charge in [0.25, 0.3) is 0 Å². The summed E-state index contributed by atoms with van der Waals surface area (Å²) in [4.78, 5) is 2.49. The third kappa shape index (κ3) is 5.29. The number of nitrogens with zero attached hydrogens (tertiary/aromatic N) is 1. The standard InChI is InChI=1S/C63H39NOS/c1-2-16-40(17-3-1)43-20-14-21-45(38-43)64(57-29-15-31-59-60(57)50-26-10-13-30-58(50)66-59)56-28-12-9-22-46(56)44-34-35-53-51(39-44)49-25-8-11-27-52(49)63(53)54-36-32-41-18-4-6-23-47(41)61(54)65-62-48-24-7-5-19-42(48)33-37-55(62)63/h1-39H. The minimum Gasteiger partial charge on any atom is -0.455 e. The van der Waals surface area contributed by atoms with E-state index in [9.17, 15) is 0 Å². The molecule has 0 N–H and O–H groups in total. The Balaban J connectivity index is 1.02. The Morgan fingerprint density at radius 3 is 1.71 bits per heavy atom. The number of thiophene rings is 1. The van der Waals surface area contributed by atoms with E-state index in [1.54, 1.807) is 0 Å². The first-order valence-corrected chi connectivity index (χ1v) is 23.5. The van der Waals surface area contributed by atoms with Crippen LogP contribution >= 0.6 is 11.3 Å². The van der Waals surface area contributed by atoms with Gasteiger partial charge in [-0.2, -0.15) is 0 Å². The molecule has 0 amide bonds. The van der Waals surface area contributed by atoms with E-state index >= 15 is 0 Å². The molecule has 308 valence electrons. The van der Waals surface area contributed by atoms with Crippen LogP contribution in [0.1, 0.15) is 22.3 Å². The van der Waals surface area contributed by atoms with Crippen molar-refractivity contribution in [2.75, 3.05) is 4.90 Å². The van der Waals surface area contributed by atoms with E-state index in [0.29, 0.717) is 0 Å². The fraction of sp³-hybridized carbons (Fsp3) is 0.0159. The summed E-state index contributed by atoms with van der Waals surface area (Å²) >= 11 is 1.86. The Kier molecular flexibility index (Phi) is 8.10. The molecule has 0 atom stereocenters. The number of rotatable bonds is 5. The zero-order chi connectivity index (χ0) is 43.3. The molecule has 2 aliphatic rings. The molecule has 0 bridgehead atoms. The first kappa shape index (κ1) is 37.2. The fourth-order valence-electron chi connectivity index (χ4n) is 11.3. The van der Waals surface area contributed by atoms with E-state index < -0.39 is 5.41 Å². The summed E-state index contributed by atoms with van der Waals surface area (Å²) in [6.45, 7) is 0. The van der Waals surface area contributed by atoms with Crippen molar-refractivity contribution in [3.8, 4) is 44.9 Å². The van der Waals surface area contributed by atoms with Crippen LogP contribution in [0, 0.1) is 0 Å². The highest BCUT2D eigenvalue weighted by Gasteiger charge is 2.52. The van der Waals surface area contributed by atoms with Crippen molar-refractivity contribution in [1.82, 2.24) is 0 Å². The molecule has 0 unspecified atom stereocenters. The van der Waals surface area contributed by atoms with Crippen LogP contribution in [-0.2, 0) is 5.41 Å². The molecule has 1 aliphatic heterocycles. The average Bonchev–Trinajstić information content (AvgIpc) is 3.91. The molecule has 0 fully saturated rings. The van der Waals surface area contributed by atoms with Crippen molar-refractivity contribution in [1.29, 1.82) is 0 Å². The minimum absolute atomic E-state index is 0.611. The second-order valence-corrected chi connectivity index (χ2v) is 18.6. The van der Waals surface area contributed by atoms with Gasteiger partial charge in [-0.3, -0.25) is 0 Å². The second-order valence-electron chi connectivity index (χ2n) is 17.5. The molecule has 0 saturated heterocycles. The molecule has 66 heavy (non-hydrogen) atoms. The first-order valence-electron chi connectivity index (χ1n) is 22.7. The Hall–Kier alpha value is -8.24. The number of hydrogen-bond acceptors (Lipinski definition) is 3. The zero-order valence-corrected chi connectivity index (χ0v) is 36.6. The van der Waals surface area contributed by atoms with Crippen LogP contribution in [0.2, 0.25) is 0 Å². The van der Waals surface area contributed by atoms with Gasteiger partial charge in [-0.15, -0.1) is 11.3 Å². The number of ether oxygens (including phenoxy) is 1.